The fourth-order valence-corrected chi connectivity index (χ4v) is 1.94. The van der Waals surface area contributed by atoms with E-state index in [2.05, 4.69) is 15.9 Å². The van der Waals surface area contributed by atoms with E-state index in [-0.39, 0.29) is 5.91 Å². The van der Waals surface area contributed by atoms with Gasteiger partial charge in [-0.3, -0.25) is 4.79 Å². The van der Waals surface area contributed by atoms with E-state index in [0.717, 1.165) is 4.47 Å². The molecule has 19 heavy (non-hydrogen) atoms. The first-order valence-corrected chi connectivity index (χ1v) is 6.87. The predicted molar refractivity (Wildman–Crippen MR) is 77.2 cm³/mol. The Morgan fingerprint density at radius 2 is 2.26 bits per heavy atom. The highest BCUT2D eigenvalue weighted by molar-refractivity contribution is 9.10. The lowest BCUT2D eigenvalue weighted by Crippen LogP contribution is -2.34. The summed E-state index contributed by atoms with van der Waals surface area (Å²) in [6.45, 7) is 1.26. The summed E-state index contributed by atoms with van der Waals surface area (Å²) in [5, 5.41) is 9.11. The number of amides is 1. The Labute approximate surface area is 126 Å². The van der Waals surface area contributed by atoms with Crippen LogP contribution < -0.4 is 0 Å². The van der Waals surface area contributed by atoms with Crippen molar-refractivity contribution in [2.45, 2.75) is 6.42 Å². The highest BCUT2D eigenvalue weighted by Crippen LogP contribution is 2.23. The van der Waals surface area contributed by atoms with Crippen LogP contribution in [0.25, 0.3) is 0 Å². The van der Waals surface area contributed by atoms with Crippen molar-refractivity contribution in [1.82, 2.24) is 4.90 Å². The van der Waals surface area contributed by atoms with Crippen molar-refractivity contribution in [3.8, 4) is 6.07 Å². The fourth-order valence-electron chi connectivity index (χ4n) is 1.51. The molecule has 0 heterocycles. The molecule has 0 aliphatic rings. The summed E-state index contributed by atoms with van der Waals surface area (Å²) in [7, 11) is 1.57. The highest BCUT2D eigenvalue weighted by atomic mass is 79.9. The van der Waals surface area contributed by atoms with Gasteiger partial charge in [0.15, 0.2) is 0 Å². The van der Waals surface area contributed by atoms with Gasteiger partial charge in [0, 0.05) is 30.2 Å². The Morgan fingerprint density at radius 1 is 1.53 bits per heavy atom. The monoisotopic (exact) mass is 344 g/mol. The molecule has 1 amide bonds. The number of hydrogen-bond donors (Lipinski definition) is 0. The fraction of sp³-hybridized carbons (Fsp3) is 0.385. The van der Waals surface area contributed by atoms with Gasteiger partial charge in [-0.1, -0.05) is 11.6 Å². The number of halogens is 2. The SMILES string of the molecule is COCCN(CCC#N)C(=O)c1ccc(Br)c(Cl)c1. The topological polar surface area (TPSA) is 53.3 Å². The number of nitriles is 1. The summed E-state index contributed by atoms with van der Waals surface area (Å²) in [4.78, 5) is 13.9. The second-order valence-corrected chi connectivity index (χ2v) is 5.08. The minimum Gasteiger partial charge on any atom is -0.383 e. The van der Waals surface area contributed by atoms with E-state index in [1.807, 2.05) is 6.07 Å². The van der Waals surface area contributed by atoms with Crippen LogP contribution in [0.5, 0.6) is 0 Å². The summed E-state index contributed by atoms with van der Waals surface area (Å²) in [6, 6.07) is 7.07. The Morgan fingerprint density at radius 3 is 2.84 bits per heavy atom. The summed E-state index contributed by atoms with van der Waals surface area (Å²) in [6.07, 6.45) is 0.291. The number of ether oxygens (including phenoxy) is 1. The lowest BCUT2D eigenvalue weighted by molar-refractivity contribution is 0.0700. The van der Waals surface area contributed by atoms with Gasteiger partial charge in [0.05, 0.1) is 24.1 Å². The molecule has 0 saturated carbocycles. The molecule has 6 heteroatoms. The Kier molecular flexibility index (Phi) is 6.85. The van der Waals surface area contributed by atoms with Gasteiger partial charge >= 0.3 is 0 Å². The van der Waals surface area contributed by atoms with E-state index >= 15 is 0 Å². The van der Waals surface area contributed by atoms with Crippen molar-refractivity contribution in [3.05, 3.63) is 33.3 Å². The first kappa shape index (κ1) is 16.0. The van der Waals surface area contributed by atoms with Crippen LogP contribution in [0.4, 0.5) is 0 Å². The van der Waals surface area contributed by atoms with Gasteiger partial charge in [0.25, 0.3) is 5.91 Å². The molecule has 0 aromatic heterocycles. The third kappa shape index (κ3) is 4.83. The van der Waals surface area contributed by atoms with E-state index < -0.39 is 0 Å². The van der Waals surface area contributed by atoms with Crippen LogP contribution in [-0.4, -0.2) is 37.6 Å². The molecular weight excluding hydrogens is 332 g/mol. The third-order valence-corrected chi connectivity index (χ3v) is 3.75. The third-order valence-electron chi connectivity index (χ3n) is 2.51. The molecule has 4 nitrogen and oxygen atoms in total. The molecule has 0 radical (unpaired) electrons. The van der Waals surface area contributed by atoms with Crippen LogP contribution in [0.2, 0.25) is 5.02 Å². The summed E-state index contributed by atoms with van der Waals surface area (Å²) in [5.41, 5.74) is 0.502. The number of benzene rings is 1. The van der Waals surface area contributed by atoms with Crippen LogP contribution in [0.3, 0.4) is 0 Å². The number of hydrogen-bond acceptors (Lipinski definition) is 3. The molecule has 1 rings (SSSR count). The van der Waals surface area contributed by atoms with Crippen LogP contribution in [-0.2, 0) is 4.74 Å². The number of nitrogens with zero attached hydrogens (tertiary/aromatic N) is 2. The molecule has 0 saturated heterocycles. The van der Waals surface area contributed by atoms with E-state index in [4.69, 9.17) is 21.6 Å². The van der Waals surface area contributed by atoms with Crippen LogP contribution in [0.15, 0.2) is 22.7 Å². The van der Waals surface area contributed by atoms with Crippen molar-refractivity contribution in [2.75, 3.05) is 26.8 Å². The van der Waals surface area contributed by atoms with Crippen molar-refractivity contribution in [1.29, 1.82) is 5.26 Å². The Bertz CT molecular complexity index is 488. The first-order valence-electron chi connectivity index (χ1n) is 5.70. The van der Waals surface area contributed by atoms with Crippen molar-refractivity contribution >= 4 is 33.4 Å². The zero-order valence-electron chi connectivity index (χ0n) is 10.5. The normalized spacial score (nSPS) is 10.0. The quantitative estimate of drug-likeness (QED) is 0.796. The molecule has 1 aromatic carbocycles. The average Bonchev–Trinajstić information content (AvgIpc) is 2.41. The molecule has 0 aliphatic carbocycles. The van der Waals surface area contributed by atoms with Crippen molar-refractivity contribution < 1.29 is 9.53 Å². The Balaban J connectivity index is 2.84. The second-order valence-electron chi connectivity index (χ2n) is 3.82. The molecule has 0 N–H and O–H groups in total. The van der Waals surface area contributed by atoms with Crippen LogP contribution in [0.1, 0.15) is 16.8 Å². The number of rotatable bonds is 6. The molecule has 0 fully saturated rings. The highest BCUT2D eigenvalue weighted by Gasteiger charge is 2.16. The summed E-state index contributed by atoms with van der Waals surface area (Å²) < 4.78 is 5.71. The summed E-state index contributed by atoms with van der Waals surface area (Å²) >= 11 is 9.26. The lowest BCUT2D eigenvalue weighted by Gasteiger charge is -2.21. The standard InChI is InChI=1S/C13H14BrClN2O2/c1-19-8-7-17(6-2-5-16)13(18)10-3-4-11(14)12(15)9-10/h3-4,9H,2,6-8H2,1H3. The molecule has 0 aliphatic heterocycles. The van der Waals surface area contributed by atoms with E-state index in [1.165, 1.54) is 0 Å². The molecule has 102 valence electrons. The van der Waals surface area contributed by atoms with Gasteiger partial charge in [-0.2, -0.15) is 5.26 Å². The maximum atomic E-state index is 12.3. The van der Waals surface area contributed by atoms with Crippen LogP contribution in [0, 0.1) is 11.3 Å². The van der Waals surface area contributed by atoms with E-state index in [1.54, 1.807) is 30.2 Å². The molecule has 0 unspecified atom stereocenters. The van der Waals surface area contributed by atoms with E-state index in [0.29, 0.717) is 36.7 Å². The number of carbonyl (C=O) groups excluding carboxylic acids is 1. The second kappa shape index (κ2) is 8.16. The van der Waals surface area contributed by atoms with Gasteiger partial charge in [-0.05, 0) is 34.1 Å². The van der Waals surface area contributed by atoms with Gasteiger partial charge in [-0.25, -0.2) is 0 Å². The largest absolute Gasteiger partial charge is 0.383 e. The zero-order valence-corrected chi connectivity index (χ0v) is 12.9. The van der Waals surface area contributed by atoms with Gasteiger partial charge in [-0.15, -0.1) is 0 Å². The minimum atomic E-state index is -0.151. The first-order chi connectivity index (χ1) is 9.10. The van der Waals surface area contributed by atoms with Gasteiger partial charge < -0.3 is 9.64 Å². The van der Waals surface area contributed by atoms with Gasteiger partial charge in [0.2, 0.25) is 0 Å². The molecule has 0 bridgehead atoms. The van der Waals surface area contributed by atoms with Crippen molar-refractivity contribution in [2.24, 2.45) is 0 Å². The summed E-state index contributed by atoms with van der Waals surface area (Å²) in [5.74, 6) is -0.151. The van der Waals surface area contributed by atoms with Crippen LogP contribution >= 0.6 is 27.5 Å². The van der Waals surface area contributed by atoms with Gasteiger partial charge in [0.1, 0.15) is 0 Å². The number of methoxy groups -OCH3 is 1. The maximum absolute atomic E-state index is 12.3. The number of carbonyl (C=O) groups is 1. The van der Waals surface area contributed by atoms with E-state index in [9.17, 15) is 4.79 Å². The van der Waals surface area contributed by atoms with Crippen molar-refractivity contribution in [3.63, 3.8) is 0 Å². The molecular formula is C13H14BrClN2O2. The minimum absolute atomic E-state index is 0.151. The molecule has 0 spiro atoms. The lowest BCUT2D eigenvalue weighted by atomic mass is 10.2. The maximum Gasteiger partial charge on any atom is 0.254 e. The zero-order chi connectivity index (χ0) is 14.3. The molecule has 0 atom stereocenters. The molecule has 1 aromatic rings. The Hall–Kier alpha value is -1.09. The smallest absolute Gasteiger partial charge is 0.254 e. The average molecular weight is 346 g/mol. The predicted octanol–water partition coefficient (Wildman–Crippen LogP) is 3.10.